The number of para-hydroxylation sites is 1. The second-order valence-electron chi connectivity index (χ2n) is 7.03. The van der Waals surface area contributed by atoms with Gasteiger partial charge in [0.25, 0.3) is 5.91 Å². The molecule has 3 aromatic rings. The van der Waals surface area contributed by atoms with Gasteiger partial charge in [-0.05, 0) is 36.1 Å². The third kappa shape index (κ3) is 3.67. The van der Waals surface area contributed by atoms with Gasteiger partial charge in [0.1, 0.15) is 11.7 Å². The summed E-state index contributed by atoms with van der Waals surface area (Å²) in [6.45, 7) is 0. The monoisotopic (exact) mass is 374 g/mol. The van der Waals surface area contributed by atoms with Crippen LogP contribution in [-0.4, -0.2) is 35.1 Å². The minimum atomic E-state index is -0.570. The summed E-state index contributed by atoms with van der Waals surface area (Å²) in [5, 5.41) is 9.89. The Bertz CT molecular complexity index is 997. The van der Waals surface area contributed by atoms with Gasteiger partial charge in [-0.2, -0.15) is 5.10 Å². The molecule has 1 aliphatic rings. The number of carbonyl (C=O) groups excluding carboxylic acids is 2. The van der Waals surface area contributed by atoms with Gasteiger partial charge in [-0.15, -0.1) is 0 Å². The lowest BCUT2D eigenvalue weighted by Crippen LogP contribution is -2.46. The highest BCUT2D eigenvalue weighted by Gasteiger charge is 2.29. The van der Waals surface area contributed by atoms with Gasteiger partial charge >= 0.3 is 0 Å². The third-order valence-corrected chi connectivity index (χ3v) is 5.09. The minimum absolute atomic E-state index is 0.113. The van der Waals surface area contributed by atoms with E-state index in [9.17, 15) is 9.59 Å². The van der Waals surface area contributed by atoms with Crippen LogP contribution in [0, 0.1) is 0 Å². The molecule has 1 aliphatic heterocycles. The Kier molecular flexibility index (Phi) is 4.93. The number of amides is 2. The van der Waals surface area contributed by atoms with E-state index in [4.69, 9.17) is 0 Å². The lowest BCUT2D eigenvalue weighted by atomic mass is 10.1. The first-order chi connectivity index (χ1) is 13.6. The molecule has 0 radical (unpaired) electrons. The Hall–Kier alpha value is -3.41. The molecule has 28 heavy (non-hydrogen) atoms. The predicted molar refractivity (Wildman–Crippen MR) is 107 cm³/mol. The van der Waals surface area contributed by atoms with Gasteiger partial charge in [0.05, 0.1) is 0 Å². The number of nitrogens with zero attached hydrogens (tertiary/aromatic N) is 2. The number of aromatic amines is 1. The minimum Gasteiger partial charge on any atom is -0.339 e. The zero-order valence-corrected chi connectivity index (χ0v) is 15.7. The molecule has 2 N–H and O–H groups in total. The molecule has 1 aromatic heterocycles. The second kappa shape index (κ2) is 7.68. The van der Waals surface area contributed by atoms with E-state index in [1.807, 2.05) is 54.6 Å². The van der Waals surface area contributed by atoms with Crippen LogP contribution in [0.2, 0.25) is 0 Å². The molecule has 2 amide bonds. The summed E-state index contributed by atoms with van der Waals surface area (Å²) < 4.78 is 0. The van der Waals surface area contributed by atoms with Crippen LogP contribution in [0.1, 0.15) is 33.7 Å². The topological polar surface area (TPSA) is 78.1 Å². The summed E-state index contributed by atoms with van der Waals surface area (Å²) in [7, 11) is 1.75. The quantitative estimate of drug-likeness (QED) is 0.737. The van der Waals surface area contributed by atoms with Gasteiger partial charge in [-0.3, -0.25) is 14.7 Å². The maximum absolute atomic E-state index is 12.8. The number of carbonyl (C=O) groups is 2. The number of fused-ring (bicyclic) bond motifs is 1. The fourth-order valence-corrected chi connectivity index (χ4v) is 3.58. The first-order valence-electron chi connectivity index (χ1n) is 9.36. The molecule has 1 atom stereocenters. The fourth-order valence-electron chi connectivity index (χ4n) is 3.58. The molecule has 0 saturated carbocycles. The van der Waals surface area contributed by atoms with Gasteiger partial charge in [-0.1, -0.05) is 48.5 Å². The number of hydrogen-bond acceptors (Lipinski definition) is 3. The Morgan fingerprint density at radius 2 is 1.93 bits per heavy atom. The van der Waals surface area contributed by atoms with Crippen LogP contribution in [0.25, 0.3) is 0 Å². The van der Waals surface area contributed by atoms with Gasteiger partial charge in [-0.25, -0.2) is 0 Å². The zero-order chi connectivity index (χ0) is 19.5. The van der Waals surface area contributed by atoms with Crippen molar-refractivity contribution in [3.05, 3.63) is 83.2 Å². The van der Waals surface area contributed by atoms with Crippen LogP contribution >= 0.6 is 0 Å². The number of rotatable bonds is 4. The maximum atomic E-state index is 12.8. The summed E-state index contributed by atoms with van der Waals surface area (Å²) in [5.41, 5.74) is 4.29. The largest absolute Gasteiger partial charge is 0.339 e. The van der Waals surface area contributed by atoms with E-state index >= 15 is 0 Å². The van der Waals surface area contributed by atoms with Crippen LogP contribution in [-0.2, 0) is 17.6 Å². The van der Waals surface area contributed by atoms with Crippen molar-refractivity contribution in [2.45, 2.75) is 25.3 Å². The van der Waals surface area contributed by atoms with Gasteiger partial charge < -0.3 is 10.2 Å². The first-order valence-corrected chi connectivity index (χ1v) is 9.36. The molecule has 4 rings (SSSR count). The van der Waals surface area contributed by atoms with Crippen molar-refractivity contribution in [2.24, 2.45) is 0 Å². The lowest BCUT2D eigenvalue weighted by Gasteiger charge is -2.21. The molecule has 2 aromatic carbocycles. The number of anilines is 1. The van der Waals surface area contributed by atoms with Crippen LogP contribution < -0.4 is 10.2 Å². The van der Waals surface area contributed by atoms with Crippen LogP contribution in [0.3, 0.4) is 0 Å². The molecule has 142 valence electrons. The van der Waals surface area contributed by atoms with Crippen LogP contribution in [0.4, 0.5) is 5.69 Å². The highest BCUT2D eigenvalue weighted by atomic mass is 16.2. The second-order valence-corrected chi connectivity index (χ2v) is 7.03. The molecule has 6 nitrogen and oxygen atoms in total. The Morgan fingerprint density at radius 3 is 2.75 bits per heavy atom. The maximum Gasteiger partial charge on any atom is 0.272 e. The highest BCUT2D eigenvalue weighted by Crippen LogP contribution is 2.25. The molecule has 0 saturated heterocycles. The molecule has 0 fully saturated rings. The number of hydrogen-bond donors (Lipinski definition) is 2. The summed E-state index contributed by atoms with van der Waals surface area (Å²) in [6.07, 6.45) is 1.96. The van der Waals surface area contributed by atoms with E-state index in [1.165, 1.54) is 0 Å². The summed E-state index contributed by atoms with van der Waals surface area (Å²) >= 11 is 0. The summed E-state index contributed by atoms with van der Waals surface area (Å²) in [6, 6.07) is 19.0. The molecule has 6 heteroatoms. The number of H-pyrrole nitrogens is 1. The molecule has 0 spiro atoms. The number of benzene rings is 2. The van der Waals surface area contributed by atoms with Gasteiger partial charge in [0, 0.05) is 24.8 Å². The van der Waals surface area contributed by atoms with Gasteiger partial charge in [0.15, 0.2) is 0 Å². The SMILES string of the molecule is CN1C(=O)[C@H](NC(=O)c2cc(Cc3ccccc3)[nH]n2)CCc2ccccc21. The van der Waals surface area contributed by atoms with E-state index in [0.29, 0.717) is 18.5 Å². The number of aromatic nitrogens is 2. The highest BCUT2D eigenvalue weighted by molar-refractivity contribution is 6.02. The number of nitrogens with one attached hydrogen (secondary N) is 2. The van der Waals surface area contributed by atoms with Crippen LogP contribution in [0.15, 0.2) is 60.7 Å². The lowest BCUT2D eigenvalue weighted by molar-refractivity contribution is -0.120. The fraction of sp³-hybridized carbons (Fsp3) is 0.227. The van der Waals surface area contributed by atoms with E-state index < -0.39 is 6.04 Å². The van der Waals surface area contributed by atoms with Crippen molar-refractivity contribution < 1.29 is 9.59 Å². The van der Waals surface area contributed by atoms with Crippen LogP contribution in [0.5, 0.6) is 0 Å². The number of likely N-dealkylation sites (N-methyl/N-ethyl adjacent to an activating group) is 1. The predicted octanol–water partition coefficient (Wildman–Crippen LogP) is 2.71. The average molecular weight is 374 g/mol. The smallest absolute Gasteiger partial charge is 0.272 e. The van der Waals surface area contributed by atoms with E-state index in [0.717, 1.165) is 28.9 Å². The first kappa shape index (κ1) is 18.0. The molecule has 0 unspecified atom stereocenters. The Labute approximate surface area is 163 Å². The Balaban J connectivity index is 1.45. The number of aryl methyl sites for hydroxylation is 1. The third-order valence-electron chi connectivity index (χ3n) is 5.09. The van der Waals surface area contributed by atoms with Gasteiger partial charge in [0.2, 0.25) is 5.91 Å². The van der Waals surface area contributed by atoms with Crippen molar-refractivity contribution in [3.63, 3.8) is 0 Å². The summed E-state index contributed by atoms with van der Waals surface area (Å²) in [5.74, 6) is -0.452. The summed E-state index contributed by atoms with van der Waals surface area (Å²) in [4.78, 5) is 27.1. The molecule has 0 aliphatic carbocycles. The zero-order valence-electron chi connectivity index (χ0n) is 15.7. The normalized spacial score (nSPS) is 16.4. The van der Waals surface area contributed by atoms with Crippen molar-refractivity contribution in [3.8, 4) is 0 Å². The van der Waals surface area contributed by atoms with Crippen molar-refractivity contribution in [2.75, 3.05) is 11.9 Å². The van der Waals surface area contributed by atoms with Crippen molar-refractivity contribution in [1.82, 2.24) is 15.5 Å². The molecule has 2 heterocycles. The average Bonchev–Trinajstić information content (AvgIpc) is 3.15. The molecular formula is C22H22N4O2. The van der Waals surface area contributed by atoms with E-state index in [2.05, 4.69) is 15.5 Å². The van der Waals surface area contributed by atoms with Crippen molar-refractivity contribution >= 4 is 17.5 Å². The Morgan fingerprint density at radius 1 is 1.18 bits per heavy atom. The standard InChI is InChI=1S/C22H22N4O2/c1-26-20-10-6-5-9-16(20)11-12-18(22(26)28)23-21(27)19-14-17(24-25-19)13-15-7-3-2-4-8-15/h2-10,14,18H,11-13H2,1H3,(H,23,27)(H,24,25)/t18-/m1/s1. The van der Waals surface area contributed by atoms with E-state index in [-0.39, 0.29) is 11.8 Å². The molecule has 0 bridgehead atoms. The van der Waals surface area contributed by atoms with E-state index in [1.54, 1.807) is 18.0 Å². The molecular weight excluding hydrogens is 352 g/mol. The van der Waals surface area contributed by atoms with Crippen molar-refractivity contribution in [1.29, 1.82) is 0 Å².